The Morgan fingerprint density at radius 3 is 2.70 bits per heavy atom. The van der Waals surface area contributed by atoms with Gasteiger partial charge in [-0.3, -0.25) is 4.57 Å². The molecule has 0 atom stereocenters. The number of para-hydroxylation sites is 2. The molecule has 0 aliphatic rings. The van der Waals surface area contributed by atoms with E-state index in [9.17, 15) is 0 Å². The minimum atomic E-state index is 0.0810. The van der Waals surface area contributed by atoms with E-state index >= 15 is 0 Å². The van der Waals surface area contributed by atoms with Crippen molar-refractivity contribution >= 4 is 16.9 Å². The summed E-state index contributed by atoms with van der Waals surface area (Å²) >= 11 is 0. The standard InChI is InChI=1S/C13H12N6O/c14-11(18-20)8-12-17-9-4-1-2-5-10(9)19(12)13-15-6-3-7-16-13/h1-7,20H,8H2,(H2,14,18). The number of nitrogens with two attached hydrogens (primary N) is 1. The highest BCUT2D eigenvalue weighted by molar-refractivity contribution is 5.84. The zero-order valence-corrected chi connectivity index (χ0v) is 10.5. The van der Waals surface area contributed by atoms with E-state index in [0.717, 1.165) is 11.0 Å². The molecule has 0 saturated carbocycles. The first-order chi connectivity index (χ1) is 9.79. The highest BCUT2D eigenvalue weighted by Crippen LogP contribution is 2.19. The third-order valence-electron chi connectivity index (χ3n) is 2.85. The number of hydrogen-bond donors (Lipinski definition) is 2. The van der Waals surface area contributed by atoms with Gasteiger partial charge in [0.05, 0.1) is 17.5 Å². The molecule has 0 aliphatic heterocycles. The van der Waals surface area contributed by atoms with Crippen molar-refractivity contribution in [2.24, 2.45) is 10.9 Å². The lowest BCUT2D eigenvalue weighted by Crippen LogP contribution is -2.18. The smallest absolute Gasteiger partial charge is 0.235 e. The maximum atomic E-state index is 8.73. The Morgan fingerprint density at radius 1 is 1.20 bits per heavy atom. The molecule has 0 unspecified atom stereocenters. The fraction of sp³-hybridized carbons (Fsp3) is 0.0769. The molecule has 1 aromatic carbocycles. The molecule has 3 aromatic rings. The van der Waals surface area contributed by atoms with Crippen molar-refractivity contribution < 1.29 is 5.21 Å². The zero-order valence-electron chi connectivity index (χ0n) is 10.5. The topological polar surface area (TPSA) is 102 Å². The summed E-state index contributed by atoms with van der Waals surface area (Å²) in [5, 5.41) is 11.7. The number of hydrogen-bond acceptors (Lipinski definition) is 5. The fourth-order valence-electron chi connectivity index (χ4n) is 2.02. The zero-order chi connectivity index (χ0) is 13.9. The highest BCUT2D eigenvalue weighted by Gasteiger charge is 2.14. The van der Waals surface area contributed by atoms with E-state index in [1.807, 2.05) is 24.3 Å². The van der Waals surface area contributed by atoms with Gasteiger partial charge in [-0.05, 0) is 18.2 Å². The lowest BCUT2D eigenvalue weighted by atomic mass is 10.3. The average molecular weight is 268 g/mol. The van der Waals surface area contributed by atoms with Gasteiger partial charge in [0.25, 0.3) is 0 Å². The van der Waals surface area contributed by atoms with Crippen molar-refractivity contribution in [1.82, 2.24) is 19.5 Å². The van der Waals surface area contributed by atoms with Gasteiger partial charge in [-0.25, -0.2) is 15.0 Å². The molecule has 7 heteroatoms. The van der Waals surface area contributed by atoms with Gasteiger partial charge in [-0.2, -0.15) is 0 Å². The van der Waals surface area contributed by atoms with Gasteiger partial charge in [0.2, 0.25) is 5.95 Å². The van der Waals surface area contributed by atoms with Gasteiger partial charge >= 0.3 is 0 Å². The summed E-state index contributed by atoms with van der Waals surface area (Å²) in [5.41, 5.74) is 7.26. The predicted octanol–water partition coefficient (Wildman–Crippen LogP) is 1.10. The molecule has 0 radical (unpaired) electrons. The quantitative estimate of drug-likeness (QED) is 0.320. The Bertz CT molecular complexity index is 765. The lowest BCUT2D eigenvalue weighted by Gasteiger charge is -2.06. The highest BCUT2D eigenvalue weighted by atomic mass is 16.4. The molecule has 2 heterocycles. The second-order valence-electron chi connectivity index (χ2n) is 4.17. The molecule has 0 saturated heterocycles. The van der Waals surface area contributed by atoms with Crippen molar-refractivity contribution in [3.8, 4) is 5.95 Å². The third kappa shape index (κ3) is 2.05. The number of rotatable bonds is 3. The molecule has 20 heavy (non-hydrogen) atoms. The summed E-state index contributed by atoms with van der Waals surface area (Å²) in [4.78, 5) is 13.0. The number of oxime groups is 1. The largest absolute Gasteiger partial charge is 0.409 e. The van der Waals surface area contributed by atoms with Crippen LogP contribution in [0.4, 0.5) is 0 Å². The van der Waals surface area contributed by atoms with Crippen LogP contribution in [0.2, 0.25) is 0 Å². The van der Waals surface area contributed by atoms with Gasteiger partial charge in [0.15, 0.2) is 0 Å². The first-order valence-electron chi connectivity index (χ1n) is 6.00. The van der Waals surface area contributed by atoms with E-state index in [4.69, 9.17) is 10.9 Å². The molecule has 0 bridgehead atoms. The second kappa shape index (κ2) is 4.96. The normalized spacial score (nSPS) is 11.9. The summed E-state index contributed by atoms with van der Waals surface area (Å²) in [7, 11) is 0. The number of benzene rings is 1. The Morgan fingerprint density at radius 2 is 1.95 bits per heavy atom. The van der Waals surface area contributed by atoms with Crippen molar-refractivity contribution in [3.63, 3.8) is 0 Å². The summed E-state index contributed by atoms with van der Waals surface area (Å²) < 4.78 is 1.80. The third-order valence-corrected chi connectivity index (χ3v) is 2.85. The summed E-state index contributed by atoms with van der Waals surface area (Å²) in [5.74, 6) is 1.20. The van der Waals surface area contributed by atoms with Crippen LogP contribution < -0.4 is 5.73 Å². The van der Waals surface area contributed by atoms with E-state index in [-0.39, 0.29) is 12.3 Å². The van der Waals surface area contributed by atoms with Crippen LogP contribution in [-0.2, 0) is 6.42 Å². The molecule has 0 fully saturated rings. The summed E-state index contributed by atoms with van der Waals surface area (Å²) in [6, 6.07) is 9.38. The molecule has 100 valence electrons. The molecule has 2 aromatic heterocycles. The van der Waals surface area contributed by atoms with Gasteiger partial charge in [-0.15, -0.1) is 0 Å². The molecule has 0 spiro atoms. The van der Waals surface area contributed by atoms with Crippen LogP contribution in [0.15, 0.2) is 47.9 Å². The molecule has 0 amide bonds. The molecular weight excluding hydrogens is 256 g/mol. The molecule has 0 aliphatic carbocycles. The predicted molar refractivity (Wildman–Crippen MR) is 73.8 cm³/mol. The van der Waals surface area contributed by atoms with Crippen molar-refractivity contribution in [2.75, 3.05) is 0 Å². The number of fused-ring (bicyclic) bond motifs is 1. The van der Waals surface area contributed by atoms with Gasteiger partial charge in [-0.1, -0.05) is 17.3 Å². The van der Waals surface area contributed by atoms with Crippen molar-refractivity contribution in [1.29, 1.82) is 0 Å². The molecular formula is C13H12N6O. The van der Waals surface area contributed by atoms with Gasteiger partial charge in [0, 0.05) is 12.4 Å². The Hall–Kier alpha value is -2.96. The van der Waals surface area contributed by atoms with Crippen molar-refractivity contribution in [2.45, 2.75) is 6.42 Å². The monoisotopic (exact) mass is 268 g/mol. The maximum absolute atomic E-state index is 8.73. The van der Waals surface area contributed by atoms with E-state index in [2.05, 4.69) is 20.1 Å². The molecule has 7 nitrogen and oxygen atoms in total. The van der Waals surface area contributed by atoms with Gasteiger partial charge < -0.3 is 10.9 Å². The number of imidazole rings is 1. The van der Waals surface area contributed by atoms with E-state index in [1.165, 1.54) is 0 Å². The molecule has 3 rings (SSSR count). The lowest BCUT2D eigenvalue weighted by molar-refractivity contribution is 0.317. The van der Waals surface area contributed by atoms with E-state index < -0.39 is 0 Å². The van der Waals surface area contributed by atoms with Crippen LogP contribution in [0.25, 0.3) is 17.0 Å². The van der Waals surface area contributed by atoms with Crippen LogP contribution in [0.3, 0.4) is 0 Å². The van der Waals surface area contributed by atoms with Crippen LogP contribution >= 0.6 is 0 Å². The first kappa shape index (κ1) is 12.1. The van der Waals surface area contributed by atoms with Crippen LogP contribution in [0, 0.1) is 0 Å². The van der Waals surface area contributed by atoms with Crippen LogP contribution in [-0.4, -0.2) is 30.6 Å². The number of amidine groups is 1. The first-order valence-corrected chi connectivity index (χ1v) is 6.00. The summed E-state index contributed by atoms with van der Waals surface area (Å²) in [6.45, 7) is 0. The van der Waals surface area contributed by atoms with E-state index in [1.54, 1.807) is 23.0 Å². The van der Waals surface area contributed by atoms with Gasteiger partial charge in [0.1, 0.15) is 11.7 Å². The minimum Gasteiger partial charge on any atom is -0.409 e. The second-order valence-corrected chi connectivity index (χ2v) is 4.17. The molecule has 3 N–H and O–H groups in total. The van der Waals surface area contributed by atoms with Crippen LogP contribution in [0.5, 0.6) is 0 Å². The Kier molecular flexibility index (Phi) is 3.00. The maximum Gasteiger partial charge on any atom is 0.235 e. The fourth-order valence-corrected chi connectivity index (χ4v) is 2.02. The SMILES string of the molecule is NC(Cc1nc2ccccc2n1-c1ncccn1)=NO. The Labute approximate surface area is 114 Å². The minimum absolute atomic E-state index is 0.0810. The average Bonchev–Trinajstić information content (AvgIpc) is 2.85. The van der Waals surface area contributed by atoms with E-state index in [0.29, 0.717) is 11.8 Å². The van der Waals surface area contributed by atoms with Crippen molar-refractivity contribution in [3.05, 3.63) is 48.5 Å². The number of nitrogens with zero attached hydrogens (tertiary/aromatic N) is 5. The number of aromatic nitrogens is 4. The summed E-state index contributed by atoms with van der Waals surface area (Å²) in [6.07, 6.45) is 3.53. The Balaban J connectivity index is 2.23. The van der Waals surface area contributed by atoms with Crippen LogP contribution in [0.1, 0.15) is 5.82 Å².